The molecule has 0 radical (unpaired) electrons. The van der Waals surface area contributed by atoms with Crippen molar-refractivity contribution in [3.05, 3.63) is 130 Å². The number of benzene rings is 4. The third-order valence-corrected chi connectivity index (χ3v) is 8.32. The lowest BCUT2D eigenvalue weighted by Crippen LogP contribution is -2.38. The average molecular weight is 579 g/mol. The van der Waals surface area contributed by atoms with Crippen molar-refractivity contribution in [3.63, 3.8) is 0 Å². The number of Topliss-reactive ketones (excluding diaryl/α,β-unsaturated/α-hetero) is 1. The van der Waals surface area contributed by atoms with Gasteiger partial charge in [-0.05, 0) is 78.9 Å². The number of aryl methyl sites for hydroxylation is 1. The molecule has 0 spiro atoms. The molecule has 1 N–H and O–H groups in total. The van der Waals surface area contributed by atoms with Crippen LogP contribution in [0.25, 0.3) is 0 Å². The third-order valence-electron chi connectivity index (χ3n) is 8.07. The fourth-order valence-corrected chi connectivity index (χ4v) is 6.08. The van der Waals surface area contributed by atoms with Gasteiger partial charge in [0.15, 0.2) is 17.3 Å². The zero-order valence-corrected chi connectivity index (χ0v) is 24.4. The van der Waals surface area contributed by atoms with Crippen LogP contribution < -0.4 is 19.7 Å². The molecule has 42 heavy (non-hydrogen) atoms. The number of allylic oxidation sites excluding steroid dienone is 1. The molecule has 0 bridgehead atoms. The number of nitrogens with zero attached hydrogens (tertiary/aromatic N) is 1. The molecule has 212 valence electrons. The number of rotatable bonds is 5. The lowest BCUT2D eigenvalue weighted by Gasteiger charge is -2.35. The van der Waals surface area contributed by atoms with Crippen LogP contribution >= 0.6 is 11.6 Å². The van der Waals surface area contributed by atoms with Crippen molar-refractivity contribution in [2.75, 3.05) is 24.4 Å². The van der Waals surface area contributed by atoms with Crippen molar-refractivity contribution in [3.8, 4) is 11.5 Å². The zero-order valence-electron chi connectivity index (χ0n) is 23.7. The minimum Gasteiger partial charge on any atom is -0.493 e. The van der Waals surface area contributed by atoms with Crippen molar-refractivity contribution in [2.24, 2.45) is 0 Å². The Kier molecular flexibility index (Phi) is 7.48. The van der Waals surface area contributed by atoms with Gasteiger partial charge in [-0.2, -0.15) is 0 Å². The van der Waals surface area contributed by atoms with Gasteiger partial charge >= 0.3 is 0 Å². The Morgan fingerprint density at radius 1 is 0.857 bits per heavy atom. The van der Waals surface area contributed by atoms with E-state index in [4.69, 9.17) is 21.1 Å². The van der Waals surface area contributed by atoms with Crippen molar-refractivity contribution in [2.45, 2.75) is 31.7 Å². The van der Waals surface area contributed by atoms with Crippen LogP contribution in [-0.2, 0) is 4.79 Å². The first kappa shape index (κ1) is 27.6. The number of amides is 1. The fraction of sp³-hybridized carbons (Fsp3) is 0.200. The highest BCUT2D eigenvalue weighted by atomic mass is 35.5. The van der Waals surface area contributed by atoms with E-state index in [2.05, 4.69) is 36.5 Å². The summed E-state index contributed by atoms with van der Waals surface area (Å²) in [7, 11) is 3.15. The highest BCUT2D eigenvalue weighted by molar-refractivity contribution is 6.30. The van der Waals surface area contributed by atoms with Crippen molar-refractivity contribution in [1.29, 1.82) is 0 Å². The van der Waals surface area contributed by atoms with Gasteiger partial charge in [0, 0.05) is 28.3 Å². The Labute approximate surface area is 250 Å². The van der Waals surface area contributed by atoms with E-state index < -0.39 is 6.04 Å². The molecule has 1 aliphatic carbocycles. The van der Waals surface area contributed by atoms with Gasteiger partial charge in [0.2, 0.25) is 0 Å². The number of ether oxygens (including phenoxy) is 2. The second kappa shape index (κ2) is 11.4. The first-order valence-electron chi connectivity index (χ1n) is 13.9. The van der Waals surface area contributed by atoms with E-state index in [0.717, 1.165) is 22.5 Å². The zero-order chi connectivity index (χ0) is 29.4. The van der Waals surface area contributed by atoms with Crippen molar-refractivity contribution >= 4 is 34.7 Å². The van der Waals surface area contributed by atoms with Gasteiger partial charge in [0.25, 0.3) is 5.91 Å². The summed E-state index contributed by atoms with van der Waals surface area (Å²) in [5, 5.41) is 4.12. The molecule has 0 saturated heterocycles. The number of para-hydroxylation sites is 2. The topological polar surface area (TPSA) is 67.9 Å². The van der Waals surface area contributed by atoms with Gasteiger partial charge in [0.05, 0.1) is 31.6 Å². The number of nitrogens with one attached hydrogen (secondary N) is 1. The molecule has 2 atom stereocenters. The summed E-state index contributed by atoms with van der Waals surface area (Å²) < 4.78 is 11.2. The molecule has 6 rings (SSSR count). The maximum Gasteiger partial charge on any atom is 0.259 e. The summed E-state index contributed by atoms with van der Waals surface area (Å²) >= 11 is 6.17. The van der Waals surface area contributed by atoms with E-state index in [0.29, 0.717) is 46.2 Å². The molecule has 7 heteroatoms. The molecule has 0 unspecified atom stereocenters. The first-order chi connectivity index (χ1) is 20.4. The fourth-order valence-electron chi connectivity index (χ4n) is 5.96. The van der Waals surface area contributed by atoms with Gasteiger partial charge in [-0.15, -0.1) is 0 Å². The van der Waals surface area contributed by atoms with Crippen LogP contribution in [0.4, 0.5) is 11.4 Å². The maximum absolute atomic E-state index is 14.5. The van der Waals surface area contributed by atoms with E-state index in [-0.39, 0.29) is 17.6 Å². The molecular weight excluding hydrogens is 548 g/mol. The Hall–Kier alpha value is -4.55. The van der Waals surface area contributed by atoms with E-state index in [9.17, 15) is 9.59 Å². The lowest BCUT2D eigenvalue weighted by molar-refractivity contribution is -0.116. The summed E-state index contributed by atoms with van der Waals surface area (Å²) in [6, 6.07) is 27.7. The smallest absolute Gasteiger partial charge is 0.259 e. The Morgan fingerprint density at radius 3 is 2.26 bits per heavy atom. The number of methoxy groups -OCH3 is 2. The molecule has 1 heterocycles. The lowest BCUT2D eigenvalue weighted by atomic mass is 9.78. The number of halogens is 1. The number of fused-ring (bicyclic) bond motifs is 1. The van der Waals surface area contributed by atoms with Gasteiger partial charge in [-0.1, -0.05) is 59.6 Å². The van der Waals surface area contributed by atoms with Crippen LogP contribution in [0.15, 0.2) is 102 Å². The number of anilines is 2. The van der Waals surface area contributed by atoms with Gasteiger partial charge in [-0.3, -0.25) is 14.5 Å². The molecule has 2 aliphatic rings. The second-order valence-electron chi connectivity index (χ2n) is 10.7. The third kappa shape index (κ3) is 5.03. The summed E-state index contributed by atoms with van der Waals surface area (Å²) in [5.41, 5.74) is 6.31. The minimum atomic E-state index is -0.717. The van der Waals surface area contributed by atoms with Crippen LogP contribution in [0.2, 0.25) is 5.02 Å². The Balaban J connectivity index is 1.57. The summed E-state index contributed by atoms with van der Waals surface area (Å²) in [6.45, 7) is 2.06. The molecule has 0 saturated carbocycles. The predicted molar refractivity (Wildman–Crippen MR) is 166 cm³/mol. The highest BCUT2D eigenvalue weighted by Crippen LogP contribution is 2.48. The highest BCUT2D eigenvalue weighted by Gasteiger charge is 2.42. The van der Waals surface area contributed by atoms with Gasteiger partial charge in [-0.25, -0.2) is 0 Å². The van der Waals surface area contributed by atoms with Gasteiger partial charge < -0.3 is 14.8 Å². The monoisotopic (exact) mass is 578 g/mol. The second-order valence-corrected chi connectivity index (χ2v) is 11.1. The summed E-state index contributed by atoms with van der Waals surface area (Å²) in [5.74, 6) is 0.842. The van der Waals surface area contributed by atoms with E-state index >= 15 is 0 Å². The minimum absolute atomic E-state index is 0.00387. The number of ketones is 1. The normalized spacial score (nSPS) is 18.0. The first-order valence-corrected chi connectivity index (χ1v) is 14.3. The summed E-state index contributed by atoms with van der Waals surface area (Å²) in [6.07, 6.45) is 0.970. The number of hydrogen-bond acceptors (Lipinski definition) is 5. The molecule has 4 aromatic rings. The van der Waals surface area contributed by atoms with E-state index in [1.54, 1.807) is 43.4 Å². The number of hydrogen-bond donors (Lipinski definition) is 1. The quantitative estimate of drug-likeness (QED) is 0.261. The van der Waals surface area contributed by atoms with Crippen molar-refractivity contribution in [1.82, 2.24) is 0 Å². The average Bonchev–Trinajstić information content (AvgIpc) is 3.15. The van der Waals surface area contributed by atoms with Crippen LogP contribution in [-0.4, -0.2) is 25.9 Å². The van der Waals surface area contributed by atoms with E-state index in [1.165, 1.54) is 5.56 Å². The molecule has 1 aliphatic heterocycles. The molecule has 1 amide bonds. The predicted octanol–water partition coefficient (Wildman–Crippen LogP) is 7.88. The molecule has 0 fully saturated rings. The largest absolute Gasteiger partial charge is 0.493 e. The SMILES string of the molecule is COc1ccc([C@@H]2C3=C(C[C@H](c4ccc(C)cc4)CC3=O)Nc3ccccc3N2C(=O)c2ccc(Cl)cc2)cc1OC. The number of carbonyl (C=O) groups excluding carboxylic acids is 2. The van der Waals surface area contributed by atoms with Crippen LogP contribution in [0.3, 0.4) is 0 Å². The summed E-state index contributed by atoms with van der Waals surface area (Å²) in [4.78, 5) is 30.5. The van der Waals surface area contributed by atoms with Crippen LogP contribution in [0.5, 0.6) is 11.5 Å². The Bertz CT molecular complexity index is 1700. The molecule has 0 aromatic heterocycles. The Morgan fingerprint density at radius 2 is 1.55 bits per heavy atom. The maximum atomic E-state index is 14.5. The van der Waals surface area contributed by atoms with Gasteiger partial charge in [0.1, 0.15) is 0 Å². The molecule has 4 aromatic carbocycles. The van der Waals surface area contributed by atoms with Crippen molar-refractivity contribution < 1.29 is 19.1 Å². The number of carbonyl (C=O) groups is 2. The van der Waals surface area contributed by atoms with E-state index in [1.807, 2.05) is 42.5 Å². The molecular formula is C35H31ClN2O4. The van der Waals surface area contributed by atoms with Crippen LogP contribution in [0, 0.1) is 6.92 Å². The van der Waals surface area contributed by atoms with Crippen LogP contribution in [0.1, 0.15) is 51.8 Å². The molecule has 6 nitrogen and oxygen atoms in total. The standard InChI is InChI=1S/C35H31ClN2O4/c1-21-8-10-22(11-9-21)25-18-28-33(30(39)19-25)34(24-14-17-31(41-2)32(20-24)42-3)38(29-7-5-4-6-27(29)37-28)35(40)23-12-15-26(36)16-13-23/h4-17,20,25,34,37H,18-19H2,1-3H3/t25-,34+/m0/s1.